The Morgan fingerprint density at radius 2 is 2.00 bits per heavy atom. The van der Waals surface area contributed by atoms with Crippen LogP contribution in [-0.4, -0.2) is 16.8 Å². The SMILES string of the molecule is C[C@@H]1C[C@@H]1c1ccc(CN(C(=O)c2cc[n+]([O-])cc2)C2CC2)o1. The van der Waals surface area contributed by atoms with Crippen molar-refractivity contribution in [3.05, 3.63) is 59.0 Å². The number of rotatable bonds is 5. The zero-order chi connectivity index (χ0) is 16.0. The molecule has 120 valence electrons. The third-order valence-corrected chi connectivity index (χ3v) is 4.78. The molecule has 0 aromatic carbocycles. The van der Waals surface area contributed by atoms with Gasteiger partial charge < -0.3 is 14.5 Å². The smallest absolute Gasteiger partial charge is 0.254 e. The standard InChI is InChI=1S/C18H20N2O3/c1-12-10-16(12)17-5-4-15(23-17)11-20(14-2-3-14)18(21)13-6-8-19(22)9-7-13/h4-9,12,14,16H,2-3,10-11H2,1H3/t12-,16+/m1/s1. The Morgan fingerprint density at radius 1 is 1.30 bits per heavy atom. The molecule has 5 nitrogen and oxygen atoms in total. The fourth-order valence-electron chi connectivity index (χ4n) is 3.04. The lowest BCUT2D eigenvalue weighted by atomic mass is 10.2. The van der Waals surface area contributed by atoms with Crippen molar-refractivity contribution in [3.63, 3.8) is 0 Å². The molecule has 2 aromatic heterocycles. The van der Waals surface area contributed by atoms with E-state index in [1.54, 1.807) is 12.1 Å². The predicted molar refractivity (Wildman–Crippen MR) is 83.5 cm³/mol. The van der Waals surface area contributed by atoms with Crippen molar-refractivity contribution >= 4 is 5.91 Å². The molecule has 1 amide bonds. The van der Waals surface area contributed by atoms with Gasteiger partial charge in [0.2, 0.25) is 0 Å². The number of carbonyl (C=O) groups excluding carboxylic acids is 1. The molecule has 5 heteroatoms. The van der Waals surface area contributed by atoms with Crippen molar-refractivity contribution in [2.24, 2.45) is 5.92 Å². The second-order valence-electron chi connectivity index (χ2n) is 6.73. The Hall–Kier alpha value is -2.30. The Bertz CT molecular complexity index is 718. The van der Waals surface area contributed by atoms with Crippen LogP contribution in [0.15, 0.2) is 41.1 Å². The van der Waals surface area contributed by atoms with E-state index in [0.29, 0.717) is 28.7 Å². The number of amides is 1. The molecular formula is C18H20N2O3. The lowest BCUT2D eigenvalue weighted by Crippen LogP contribution is -2.33. The monoisotopic (exact) mass is 312 g/mol. The summed E-state index contributed by atoms with van der Waals surface area (Å²) in [5.41, 5.74) is 0.548. The number of carbonyl (C=O) groups is 1. The summed E-state index contributed by atoms with van der Waals surface area (Å²) in [4.78, 5) is 14.6. The average Bonchev–Trinajstić information content (AvgIpc) is 3.46. The van der Waals surface area contributed by atoms with E-state index in [2.05, 4.69) is 6.92 Å². The molecule has 0 saturated heterocycles. The molecule has 2 fully saturated rings. The molecule has 4 rings (SSSR count). The maximum Gasteiger partial charge on any atom is 0.254 e. The van der Waals surface area contributed by atoms with Gasteiger partial charge in [-0.15, -0.1) is 0 Å². The van der Waals surface area contributed by atoms with E-state index < -0.39 is 0 Å². The van der Waals surface area contributed by atoms with Crippen LogP contribution in [0.2, 0.25) is 0 Å². The lowest BCUT2D eigenvalue weighted by molar-refractivity contribution is -0.605. The number of hydrogen-bond donors (Lipinski definition) is 0. The molecule has 0 N–H and O–H groups in total. The van der Waals surface area contributed by atoms with E-state index in [1.807, 2.05) is 17.0 Å². The minimum atomic E-state index is -0.0363. The van der Waals surface area contributed by atoms with Crippen molar-refractivity contribution in [2.45, 2.75) is 44.7 Å². The van der Waals surface area contributed by atoms with Crippen LogP contribution in [0.3, 0.4) is 0 Å². The van der Waals surface area contributed by atoms with Crippen LogP contribution in [-0.2, 0) is 6.54 Å². The van der Waals surface area contributed by atoms with E-state index in [4.69, 9.17) is 4.42 Å². The van der Waals surface area contributed by atoms with Crippen LogP contribution < -0.4 is 4.73 Å². The minimum absolute atomic E-state index is 0.0363. The molecule has 2 atom stereocenters. The van der Waals surface area contributed by atoms with Crippen LogP contribution in [0.1, 0.15) is 54.0 Å². The van der Waals surface area contributed by atoms with Crippen molar-refractivity contribution in [3.8, 4) is 0 Å². The van der Waals surface area contributed by atoms with E-state index >= 15 is 0 Å². The highest BCUT2D eigenvalue weighted by molar-refractivity contribution is 5.94. The first-order valence-corrected chi connectivity index (χ1v) is 8.20. The van der Waals surface area contributed by atoms with Crippen LogP contribution in [0.5, 0.6) is 0 Å². The normalized spacial score (nSPS) is 22.8. The minimum Gasteiger partial charge on any atom is -0.619 e. The van der Waals surface area contributed by atoms with Gasteiger partial charge in [-0.25, -0.2) is 0 Å². The van der Waals surface area contributed by atoms with Gasteiger partial charge in [0.1, 0.15) is 11.5 Å². The molecule has 0 bridgehead atoms. The highest BCUT2D eigenvalue weighted by Crippen LogP contribution is 2.47. The van der Waals surface area contributed by atoms with Gasteiger partial charge in [0.15, 0.2) is 12.4 Å². The molecule has 2 aliphatic carbocycles. The topological polar surface area (TPSA) is 60.4 Å². The largest absolute Gasteiger partial charge is 0.619 e. The van der Waals surface area contributed by atoms with Crippen molar-refractivity contribution in [1.82, 2.24) is 4.90 Å². The number of hydrogen-bond acceptors (Lipinski definition) is 3. The van der Waals surface area contributed by atoms with Crippen molar-refractivity contribution in [1.29, 1.82) is 0 Å². The summed E-state index contributed by atoms with van der Waals surface area (Å²) in [5, 5.41) is 11.1. The van der Waals surface area contributed by atoms with Gasteiger partial charge in [-0.05, 0) is 37.3 Å². The molecule has 2 aliphatic rings. The molecule has 0 aliphatic heterocycles. The fraction of sp³-hybridized carbons (Fsp3) is 0.444. The molecule has 0 radical (unpaired) electrons. The lowest BCUT2D eigenvalue weighted by Gasteiger charge is -2.21. The summed E-state index contributed by atoms with van der Waals surface area (Å²) < 4.78 is 6.63. The quantitative estimate of drug-likeness (QED) is 0.630. The second kappa shape index (κ2) is 5.41. The second-order valence-corrected chi connectivity index (χ2v) is 6.73. The van der Waals surface area contributed by atoms with E-state index in [9.17, 15) is 10.0 Å². The molecule has 0 spiro atoms. The van der Waals surface area contributed by atoms with Gasteiger partial charge in [0.05, 0.1) is 12.1 Å². The van der Waals surface area contributed by atoms with Crippen LogP contribution in [0.25, 0.3) is 0 Å². The fourth-order valence-corrected chi connectivity index (χ4v) is 3.04. The Labute approximate surface area is 135 Å². The molecule has 0 unspecified atom stereocenters. The number of nitrogens with zero attached hydrogens (tertiary/aromatic N) is 2. The first kappa shape index (κ1) is 14.3. The first-order valence-electron chi connectivity index (χ1n) is 8.20. The molecule has 2 saturated carbocycles. The molecule has 2 heterocycles. The average molecular weight is 312 g/mol. The van der Waals surface area contributed by atoms with Gasteiger partial charge in [0, 0.05) is 24.1 Å². The highest BCUT2D eigenvalue weighted by atomic mass is 16.5. The number of furan rings is 1. The van der Waals surface area contributed by atoms with E-state index in [0.717, 1.165) is 24.4 Å². The van der Waals surface area contributed by atoms with E-state index in [1.165, 1.54) is 18.8 Å². The van der Waals surface area contributed by atoms with Gasteiger partial charge in [-0.1, -0.05) is 6.92 Å². The highest BCUT2D eigenvalue weighted by Gasteiger charge is 2.37. The molecule has 2 aromatic rings. The first-order chi connectivity index (χ1) is 11.1. The molecular weight excluding hydrogens is 292 g/mol. The summed E-state index contributed by atoms with van der Waals surface area (Å²) in [7, 11) is 0. The number of aromatic nitrogens is 1. The van der Waals surface area contributed by atoms with Crippen LogP contribution in [0.4, 0.5) is 0 Å². The third kappa shape index (κ3) is 2.96. The van der Waals surface area contributed by atoms with Crippen molar-refractivity contribution in [2.75, 3.05) is 0 Å². The van der Waals surface area contributed by atoms with Gasteiger partial charge >= 0.3 is 0 Å². The maximum absolute atomic E-state index is 12.7. The summed E-state index contributed by atoms with van der Waals surface area (Å²) in [6, 6.07) is 7.46. The zero-order valence-corrected chi connectivity index (χ0v) is 13.1. The molecule has 23 heavy (non-hydrogen) atoms. The van der Waals surface area contributed by atoms with Gasteiger partial charge in [-0.2, -0.15) is 4.73 Å². The Balaban J connectivity index is 1.50. The van der Waals surface area contributed by atoms with Crippen molar-refractivity contribution < 1.29 is 13.9 Å². The predicted octanol–water partition coefficient (Wildman–Crippen LogP) is 2.84. The number of pyridine rings is 1. The summed E-state index contributed by atoms with van der Waals surface area (Å²) in [5.74, 6) is 3.11. The third-order valence-electron chi connectivity index (χ3n) is 4.78. The van der Waals surface area contributed by atoms with E-state index in [-0.39, 0.29) is 11.9 Å². The van der Waals surface area contributed by atoms with Gasteiger partial charge in [0.25, 0.3) is 5.91 Å². The van der Waals surface area contributed by atoms with Crippen LogP contribution in [0, 0.1) is 11.1 Å². The summed E-state index contributed by atoms with van der Waals surface area (Å²) in [6.07, 6.45) is 5.98. The maximum atomic E-state index is 12.7. The zero-order valence-electron chi connectivity index (χ0n) is 13.1. The summed E-state index contributed by atoms with van der Waals surface area (Å²) in [6.45, 7) is 2.72. The Kier molecular flexibility index (Phi) is 3.36. The van der Waals surface area contributed by atoms with Gasteiger partial charge in [-0.3, -0.25) is 4.79 Å². The Morgan fingerprint density at radius 3 is 2.61 bits per heavy atom. The van der Waals surface area contributed by atoms with Crippen LogP contribution >= 0.6 is 0 Å². The summed E-state index contributed by atoms with van der Waals surface area (Å²) >= 11 is 0.